The molecule has 0 unspecified atom stereocenters. The van der Waals surface area contributed by atoms with Gasteiger partial charge in [-0.3, -0.25) is 9.59 Å². The van der Waals surface area contributed by atoms with Gasteiger partial charge < -0.3 is 10.4 Å². The number of anilines is 1. The van der Waals surface area contributed by atoms with Gasteiger partial charge in [0.1, 0.15) is 0 Å². The van der Waals surface area contributed by atoms with Crippen molar-refractivity contribution in [2.75, 3.05) is 5.32 Å². The summed E-state index contributed by atoms with van der Waals surface area (Å²) in [6.07, 6.45) is 2.12. The van der Waals surface area contributed by atoms with Crippen molar-refractivity contribution in [3.8, 4) is 0 Å². The van der Waals surface area contributed by atoms with Gasteiger partial charge in [0.15, 0.2) is 0 Å². The van der Waals surface area contributed by atoms with Crippen molar-refractivity contribution >= 4 is 33.5 Å². The van der Waals surface area contributed by atoms with Crippen LogP contribution in [-0.4, -0.2) is 17.0 Å². The lowest BCUT2D eigenvalue weighted by molar-refractivity contribution is -0.157. The van der Waals surface area contributed by atoms with Gasteiger partial charge in [0.25, 0.3) is 0 Å². The van der Waals surface area contributed by atoms with Crippen molar-refractivity contribution in [1.82, 2.24) is 0 Å². The minimum absolute atomic E-state index is 0.0504. The zero-order chi connectivity index (χ0) is 13.2. The van der Waals surface area contributed by atoms with Gasteiger partial charge in [0, 0.05) is 16.6 Å². The van der Waals surface area contributed by atoms with Crippen LogP contribution in [0.5, 0.6) is 0 Å². The first-order valence-corrected chi connectivity index (χ1v) is 6.60. The third-order valence-electron chi connectivity index (χ3n) is 3.37. The largest absolute Gasteiger partial charge is 0.481 e. The second-order valence-corrected chi connectivity index (χ2v) is 5.59. The molecule has 0 bridgehead atoms. The minimum atomic E-state index is -0.863. The van der Waals surface area contributed by atoms with Gasteiger partial charge in [-0.15, -0.1) is 0 Å². The van der Waals surface area contributed by atoms with Crippen molar-refractivity contribution in [2.24, 2.45) is 5.41 Å². The molecule has 0 aromatic heterocycles. The van der Waals surface area contributed by atoms with Crippen LogP contribution in [0.1, 0.15) is 25.7 Å². The second kappa shape index (κ2) is 5.10. The zero-order valence-corrected chi connectivity index (χ0v) is 11.4. The maximum atomic E-state index is 11.8. The predicted octanol–water partition coefficient (Wildman–Crippen LogP) is 3.03. The molecular formula is C13H14BrNO3. The van der Waals surface area contributed by atoms with Gasteiger partial charge in [-0.1, -0.05) is 28.4 Å². The Morgan fingerprint density at radius 2 is 2.11 bits per heavy atom. The van der Waals surface area contributed by atoms with Crippen molar-refractivity contribution in [3.05, 3.63) is 28.7 Å². The highest BCUT2D eigenvalue weighted by molar-refractivity contribution is 9.10. The highest BCUT2D eigenvalue weighted by atomic mass is 79.9. The highest BCUT2D eigenvalue weighted by Gasteiger charge is 2.45. The van der Waals surface area contributed by atoms with Crippen molar-refractivity contribution in [2.45, 2.75) is 25.7 Å². The molecule has 1 saturated carbocycles. The van der Waals surface area contributed by atoms with Gasteiger partial charge in [-0.25, -0.2) is 0 Å². The number of benzene rings is 1. The van der Waals surface area contributed by atoms with E-state index in [4.69, 9.17) is 5.11 Å². The molecule has 0 aliphatic heterocycles. The van der Waals surface area contributed by atoms with Crippen molar-refractivity contribution in [1.29, 1.82) is 0 Å². The lowest BCUT2D eigenvalue weighted by Crippen LogP contribution is -2.41. The summed E-state index contributed by atoms with van der Waals surface area (Å²) >= 11 is 3.32. The highest BCUT2D eigenvalue weighted by Crippen LogP contribution is 2.44. The normalized spacial score (nSPS) is 16.7. The maximum absolute atomic E-state index is 11.8. The molecular weight excluding hydrogens is 298 g/mol. The van der Waals surface area contributed by atoms with E-state index in [1.54, 1.807) is 12.1 Å². The van der Waals surface area contributed by atoms with Crippen molar-refractivity contribution < 1.29 is 14.7 Å². The minimum Gasteiger partial charge on any atom is -0.481 e. The third-order valence-corrected chi connectivity index (χ3v) is 3.86. The standard InChI is InChI=1S/C13H14BrNO3/c14-9-3-1-4-10(7-9)15-11(16)8-13(12(17)18)5-2-6-13/h1,3-4,7H,2,5-6,8H2,(H,15,16)(H,17,18). The lowest BCUT2D eigenvalue weighted by atomic mass is 9.66. The van der Waals surface area contributed by atoms with Crippen LogP contribution in [-0.2, 0) is 9.59 Å². The van der Waals surface area contributed by atoms with Gasteiger partial charge in [-0.2, -0.15) is 0 Å². The molecule has 1 fully saturated rings. The molecule has 1 aliphatic rings. The molecule has 2 rings (SSSR count). The Morgan fingerprint density at radius 1 is 1.39 bits per heavy atom. The summed E-state index contributed by atoms with van der Waals surface area (Å²) < 4.78 is 0.872. The first kappa shape index (κ1) is 13.1. The number of halogens is 1. The Labute approximate surface area is 114 Å². The summed E-state index contributed by atoms with van der Waals surface area (Å²) in [6.45, 7) is 0. The third kappa shape index (κ3) is 2.72. The SMILES string of the molecule is O=C(CC1(C(=O)O)CCC1)Nc1cccc(Br)c1. The van der Waals surface area contributed by atoms with Gasteiger partial charge in [-0.05, 0) is 31.0 Å². The van der Waals surface area contributed by atoms with Crippen LogP contribution in [0.3, 0.4) is 0 Å². The van der Waals surface area contributed by atoms with E-state index in [0.717, 1.165) is 10.9 Å². The Bertz CT molecular complexity index is 483. The Kier molecular flexibility index (Phi) is 3.71. The summed E-state index contributed by atoms with van der Waals surface area (Å²) in [4.78, 5) is 23.0. The summed E-state index contributed by atoms with van der Waals surface area (Å²) in [6, 6.07) is 7.24. The molecule has 4 nitrogen and oxygen atoms in total. The van der Waals surface area contributed by atoms with Gasteiger partial charge in [0.05, 0.1) is 5.41 Å². The van der Waals surface area contributed by atoms with E-state index in [1.807, 2.05) is 12.1 Å². The van der Waals surface area contributed by atoms with Crippen LogP contribution < -0.4 is 5.32 Å². The number of carbonyl (C=O) groups is 2. The first-order valence-electron chi connectivity index (χ1n) is 5.81. The van der Waals surface area contributed by atoms with E-state index in [9.17, 15) is 9.59 Å². The van der Waals surface area contributed by atoms with Crippen LogP contribution in [0, 0.1) is 5.41 Å². The second-order valence-electron chi connectivity index (χ2n) is 4.67. The Hall–Kier alpha value is -1.36. The Balaban J connectivity index is 1.99. The van der Waals surface area contributed by atoms with E-state index in [1.165, 1.54) is 0 Å². The number of carboxylic acid groups (broad SMARTS) is 1. The average Bonchev–Trinajstić information content (AvgIpc) is 2.23. The fourth-order valence-corrected chi connectivity index (χ4v) is 2.55. The molecule has 1 amide bonds. The van der Waals surface area contributed by atoms with Gasteiger partial charge >= 0.3 is 5.97 Å². The molecule has 18 heavy (non-hydrogen) atoms. The summed E-state index contributed by atoms with van der Waals surface area (Å²) in [7, 11) is 0. The predicted molar refractivity (Wildman–Crippen MR) is 71.3 cm³/mol. The summed E-state index contributed by atoms with van der Waals surface area (Å²) in [5.41, 5.74) is -0.162. The summed E-state index contributed by atoms with van der Waals surface area (Å²) in [5.74, 6) is -1.10. The van der Waals surface area contributed by atoms with Gasteiger partial charge in [0.2, 0.25) is 5.91 Å². The number of amides is 1. The van der Waals surface area contributed by atoms with E-state index < -0.39 is 11.4 Å². The molecule has 0 spiro atoms. The quantitative estimate of drug-likeness (QED) is 0.898. The fraction of sp³-hybridized carbons (Fsp3) is 0.385. The molecule has 1 aliphatic carbocycles. The molecule has 0 heterocycles. The van der Waals surface area contributed by atoms with E-state index in [0.29, 0.717) is 18.5 Å². The van der Waals surface area contributed by atoms with E-state index >= 15 is 0 Å². The van der Waals surface area contributed by atoms with Crippen LogP contribution in [0.2, 0.25) is 0 Å². The Morgan fingerprint density at radius 3 is 2.61 bits per heavy atom. The van der Waals surface area contributed by atoms with E-state index in [-0.39, 0.29) is 12.3 Å². The monoisotopic (exact) mass is 311 g/mol. The van der Waals surface area contributed by atoms with E-state index in [2.05, 4.69) is 21.2 Å². The molecule has 2 N–H and O–H groups in total. The number of hydrogen-bond acceptors (Lipinski definition) is 2. The zero-order valence-electron chi connectivity index (χ0n) is 9.78. The number of nitrogens with one attached hydrogen (secondary N) is 1. The first-order chi connectivity index (χ1) is 8.52. The molecule has 96 valence electrons. The molecule has 1 aromatic carbocycles. The molecule has 0 atom stereocenters. The number of hydrogen-bond donors (Lipinski definition) is 2. The molecule has 1 aromatic rings. The maximum Gasteiger partial charge on any atom is 0.310 e. The topological polar surface area (TPSA) is 66.4 Å². The number of carboxylic acids is 1. The molecule has 0 saturated heterocycles. The average molecular weight is 312 g/mol. The van der Waals surface area contributed by atoms with Crippen LogP contribution in [0.25, 0.3) is 0 Å². The molecule has 5 heteroatoms. The smallest absolute Gasteiger partial charge is 0.310 e. The van der Waals surface area contributed by atoms with Crippen LogP contribution >= 0.6 is 15.9 Å². The number of carbonyl (C=O) groups excluding carboxylic acids is 1. The molecule has 0 radical (unpaired) electrons. The number of rotatable bonds is 4. The fourth-order valence-electron chi connectivity index (χ4n) is 2.15. The summed E-state index contributed by atoms with van der Waals surface area (Å²) in [5, 5.41) is 11.9. The van der Waals surface area contributed by atoms with Crippen molar-refractivity contribution in [3.63, 3.8) is 0 Å². The lowest BCUT2D eigenvalue weighted by Gasteiger charge is -2.36. The van der Waals surface area contributed by atoms with Crippen LogP contribution in [0.4, 0.5) is 5.69 Å². The van der Waals surface area contributed by atoms with Crippen LogP contribution in [0.15, 0.2) is 28.7 Å². The number of aliphatic carboxylic acids is 1.